The number of carbonyl (C=O) groups is 2. The summed E-state index contributed by atoms with van der Waals surface area (Å²) in [7, 11) is 3.01. The molecule has 0 spiro atoms. The fraction of sp³-hybridized carbons (Fsp3) is 0.171. The van der Waals surface area contributed by atoms with Crippen LogP contribution in [0.3, 0.4) is 0 Å². The molecule has 6 aromatic rings. The van der Waals surface area contributed by atoms with Crippen molar-refractivity contribution in [3.8, 4) is 45.5 Å². The van der Waals surface area contributed by atoms with E-state index in [9.17, 15) is 9.59 Å². The van der Waals surface area contributed by atoms with Crippen LogP contribution in [0.2, 0.25) is 5.15 Å². The number of methoxy groups -OCH3 is 2. The lowest BCUT2D eigenvalue weighted by Crippen LogP contribution is -3.00. The molecule has 56 heavy (non-hydrogen) atoms. The maximum absolute atomic E-state index is 11.6. The summed E-state index contributed by atoms with van der Waals surface area (Å²) in [4.78, 5) is 39.3. The summed E-state index contributed by atoms with van der Waals surface area (Å²) in [5, 5.41) is 0.427. The van der Waals surface area contributed by atoms with E-state index < -0.39 is 5.91 Å². The number of quaternary nitrogens is 1. The maximum atomic E-state index is 11.6. The van der Waals surface area contributed by atoms with Gasteiger partial charge in [0.2, 0.25) is 0 Å². The van der Waals surface area contributed by atoms with Crippen LogP contribution in [-0.2, 0) is 6.42 Å². The number of nitrogen functional groups attached to an aromatic ring is 1. The van der Waals surface area contributed by atoms with E-state index in [1.165, 1.54) is 26.9 Å². The highest BCUT2D eigenvalue weighted by Gasteiger charge is 2.13. The van der Waals surface area contributed by atoms with Crippen molar-refractivity contribution in [2.75, 3.05) is 33.2 Å². The molecule has 292 valence electrons. The highest BCUT2D eigenvalue weighted by Crippen LogP contribution is 2.30. The SMILES string of the molecule is CCOc1ccccc1-c1cc(Cc2ccc(OC)c(C(N)=O)c2)ncn1.CCOc1ccccc1-c1cc(Cl)ncn1.COc1ccc(N)cc1C([NH3+])=O.[Cl-]. The number of anilines is 1. The first-order valence-corrected chi connectivity index (χ1v) is 17.5. The van der Waals surface area contributed by atoms with E-state index in [0.717, 1.165) is 45.3 Å². The third kappa shape index (κ3) is 12.4. The summed E-state index contributed by atoms with van der Waals surface area (Å²) in [5.74, 6) is 1.73. The standard InChI is InChI=1S/C21H21N3O3.C12H11ClN2O.C8H10N2O2.ClH/c1-3-27-20-7-5-4-6-16(20)18-12-15(23-13-24-18)10-14-8-9-19(26-2)17(11-14)21(22)25;1-2-16-11-6-4-3-5-9(11)10-7-12(13)15-8-14-10;1-12-7-3-2-5(9)4-6(7)8(10)11;/h4-9,11-13H,3,10H2,1-2H3,(H2,22,25);3-8H,2H2,1H3;2-4H,9H2,1H3,(H2,10,11);1H. The molecule has 0 unspecified atom stereocenters. The minimum atomic E-state index is -0.525. The van der Waals surface area contributed by atoms with E-state index in [2.05, 4.69) is 25.7 Å². The Balaban J connectivity index is 0.000000246. The molecule has 0 atom stereocenters. The molecule has 4 aromatic carbocycles. The van der Waals surface area contributed by atoms with E-state index in [-0.39, 0.29) is 18.3 Å². The average molecular weight is 801 g/mol. The van der Waals surface area contributed by atoms with Gasteiger partial charge >= 0.3 is 5.91 Å². The van der Waals surface area contributed by atoms with Gasteiger partial charge in [-0.1, -0.05) is 41.9 Å². The van der Waals surface area contributed by atoms with Gasteiger partial charge in [0.15, 0.2) is 0 Å². The van der Waals surface area contributed by atoms with E-state index in [1.54, 1.807) is 36.4 Å². The number of nitrogens with two attached hydrogens (primary N) is 2. The molecule has 2 heterocycles. The number of hydrogen-bond donors (Lipinski definition) is 3. The Kier molecular flexibility index (Phi) is 17.5. The van der Waals surface area contributed by atoms with Gasteiger partial charge in [-0.3, -0.25) is 10.5 Å². The molecular weight excluding hydrogens is 757 g/mol. The minimum absolute atomic E-state index is 0. The first-order valence-electron chi connectivity index (χ1n) is 17.1. The van der Waals surface area contributed by atoms with Crippen LogP contribution in [0.5, 0.6) is 23.0 Å². The summed E-state index contributed by atoms with van der Waals surface area (Å²) < 4.78 is 21.3. The number of para-hydroxylation sites is 2. The van der Waals surface area contributed by atoms with Crippen LogP contribution in [0.1, 0.15) is 45.8 Å². The fourth-order valence-corrected chi connectivity index (χ4v) is 5.40. The Labute approximate surface area is 336 Å². The van der Waals surface area contributed by atoms with Crippen LogP contribution in [-0.4, -0.2) is 59.2 Å². The van der Waals surface area contributed by atoms with Crippen molar-refractivity contribution in [2.24, 2.45) is 5.73 Å². The number of benzene rings is 4. The van der Waals surface area contributed by atoms with Gasteiger partial charge in [0.1, 0.15) is 46.4 Å². The van der Waals surface area contributed by atoms with Crippen LogP contribution in [0.15, 0.2) is 110 Å². The van der Waals surface area contributed by atoms with E-state index >= 15 is 0 Å². The zero-order valence-electron chi connectivity index (χ0n) is 31.4. The molecule has 0 saturated heterocycles. The summed E-state index contributed by atoms with van der Waals surface area (Å²) >= 11 is 5.83. The van der Waals surface area contributed by atoms with Crippen molar-refractivity contribution in [3.63, 3.8) is 0 Å². The van der Waals surface area contributed by atoms with E-state index in [4.69, 9.17) is 42.0 Å². The van der Waals surface area contributed by atoms with Crippen molar-refractivity contribution in [1.29, 1.82) is 0 Å². The number of aromatic nitrogens is 4. The third-order valence-corrected chi connectivity index (χ3v) is 7.93. The van der Waals surface area contributed by atoms with Gasteiger partial charge in [-0.25, -0.2) is 24.7 Å². The van der Waals surface area contributed by atoms with Crippen LogP contribution in [0.25, 0.3) is 22.5 Å². The van der Waals surface area contributed by atoms with Gasteiger partial charge in [0, 0.05) is 35.0 Å². The van der Waals surface area contributed by atoms with Crippen LogP contribution in [0, 0.1) is 0 Å². The second-order valence-corrected chi connectivity index (χ2v) is 11.8. The Morgan fingerprint density at radius 2 is 1.21 bits per heavy atom. The lowest BCUT2D eigenvalue weighted by atomic mass is 10.0. The monoisotopic (exact) mass is 799 g/mol. The number of primary amides is 1. The highest BCUT2D eigenvalue weighted by atomic mass is 35.5. The highest BCUT2D eigenvalue weighted by molar-refractivity contribution is 6.29. The molecule has 15 heteroatoms. The molecule has 0 aliphatic carbocycles. The number of nitrogens with zero attached hydrogens (tertiary/aromatic N) is 4. The molecule has 7 N–H and O–H groups in total. The van der Waals surface area contributed by atoms with Crippen molar-refractivity contribution < 1.29 is 46.7 Å². The molecule has 0 saturated carbocycles. The molecule has 0 fully saturated rings. The second-order valence-electron chi connectivity index (χ2n) is 11.4. The lowest BCUT2D eigenvalue weighted by molar-refractivity contribution is -0.255. The van der Waals surface area contributed by atoms with Crippen molar-refractivity contribution in [1.82, 2.24) is 19.9 Å². The normalized spacial score (nSPS) is 9.96. The summed E-state index contributed by atoms with van der Waals surface area (Å²) in [6.07, 6.45) is 3.52. The lowest BCUT2D eigenvalue weighted by Gasteiger charge is -2.11. The number of ether oxygens (including phenoxy) is 4. The third-order valence-electron chi connectivity index (χ3n) is 7.72. The molecular formula is C41H43Cl2N7O6. The molecule has 0 aliphatic heterocycles. The molecule has 2 aromatic heterocycles. The quantitative estimate of drug-likeness (QED) is 0.121. The van der Waals surface area contributed by atoms with E-state index in [1.807, 2.05) is 74.5 Å². The Bertz CT molecular complexity index is 2220. The van der Waals surface area contributed by atoms with Crippen LogP contribution < -0.4 is 48.6 Å². The number of hydrogen-bond acceptors (Lipinski definition) is 11. The maximum Gasteiger partial charge on any atom is 0.344 e. The molecule has 0 radical (unpaired) electrons. The minimum Gasteiger partial charge on any atom is -1.00 e. The molecule has 6 rings (SSSR count). The number of halogens is 2. The predicted molar refractivity (Wildman–Crippen MR) is 211 cm³/mol. The summed E-state index contributed by atoms with van der Waals surface area (Å²) in [5.41, 5.74) is 20.6. The van der Waals surface area contributed by atoms with Crippen LogP contribution >= 0.6 is 11.6 Å². The first kappa shape index (κ1) is 44.1. The van der Waals surface area contributed by atoms with Gasteiger partial charge in [-0.15, -0.1) is 0 Å². The van der Waals surface area contributed by atoms with Gasteiger partial charge in [0.05, 0.1) is 44.4 Å². The Morgan fingerprint density at radius 1 is 0.679 bits per heavy atom. The molecule has 0 aliphatic rings. The van der Waals surface area contributed by atoms with Gasteiger partial charge < -0.3 is 42.8 Å². The molecule has 13 nitrogen and oxygen atoms in total. The average Bonchev–Trinajstić information content (AvgIpc) is 3.19. The predicted octanol–water partition coefficient (Wildman–Crippen LogP) is 3.10. The molecule has 0 bridgehead atoms. The van der Waals surface area contributed by atoms with Crippen molar-refractivity contribution >= 4 is 29.1 Å². The van der Waals surface area contributed by atoms with Gasteiger partial charge in [-0.05, 0) is 80.1 Å². The largest absolute Gasteiger partial charge is 1.00 e. The van der Waals surface area contributed by atoms with Gasteiger partial charge in [0.25, 0.3) is 5.91 Å². The van der Waals surface area contributed by atoms with Crippen molar-refractivity contribution in [2.45, 2.75) is 20.3 Å². The second kappa shape index (κ2) is 22.2. The zero-order chi connectivity index (χ0) is 39.7. The van der Waals surface area contributed by atoms with Crippen molar-refractivity contribution in [3.05, 3.63) is 137 Å². The van der Waals surface area contributed by atoms with E-state index in [0.29, 0.717) is 53.1 Å². The summed E-state index contributed by atoms with van der Waals surface area (Å²) in [6, 6.07) is 29.4. The number of carbonyl (C=O) groups excluding carboxylic acids is 2. The zero-order valence-corrected chi connectivity index (χ0v) is 32.9. The Morgan fingerprint density at radius 3 is 1.75 bits per heavy atom. The smallest absolute Gasteiger partial charge is 0.344 e. The van der Waals surface area contributed by atoms with Gasteiger partial charge in [-0.2, -0.15) is 0 Å². The number of rotatable bonds is 12. The summed E-state index contributed by atoms with van der Waals surface area (Å²) in [6.45, 7) is 5.10. The number of amides is 2. The van der Waals surface area contributed by atoms with Crippen LogP contribution in [0.4, 0.5) is 5.69 Å². The Hall–Kier alpha value is -6.28. The fourth-order valence-electron chi connectivity index (χ4n) is 5.25. The topological polar surface area (TPSA) is 202 Å². The first-order chi connectivity index (χ1) is 26.6. The molecule has 2 amide bonds.